The monoisotopic (exact) mass is 1840 g/mol. The van der Waals surface area contributed by atoms with E-state index >= 15 is 0 Å². The van der Waals surface area contributed by atoms with Crippen LogP contribution < -0.4 is 10.6 Å². The highest BCUT2D eigenvalue weighted by Gasteiger charge is 2.26. The lowest BCUT2D eigenvalue weighted by Crippen LogP contribution is -2.42. The van der Waals surface area contributed by atoms with Crippen LogP contribution >= 0.6 is 11.3 Å². The van der Waals surface area contributed by atoms with E-state index in [1.54, 1.807) is 53.1 Å². The zero-order valence-corrected chi connectivity index (χ0v) is 78.3. The topological polar surface area (TPSA) is 203 Å². The average Bonchev–Trinajstić information content (AvgIpc) is 1.77. The molecule has 25 rings (SSSR count). The molecule has 2 atom stereocenters. The van der Waals surface area contributed by atoms with Crippen LogP contribution in [0.2, 0.25) is 0 Å². The summed E-state index contributed by atoms with van der Waals surface area (Å²) in [6.07, 6.45) is 35.8. The number of ether oxygens (including phenoxy) is 1. The Bertz CT molecular complexity index is 5910. The van der Waals surface area contributed by atoms with E-state index < -0.39 is 0 Å². The molecule has 8 aromatic heterocycles. The van der Waals surface area contributed by atoms with Crippen molar-refractivity contribution in [3.05, 3.63) is 498 Å². The number of aliphatic imine (C=N–C) groups is 1. The Morgan fingerprint density at radius 1 is 0.420 bits per heavy atom. The second-order valence-corrected chi connectivity index (χ2v) is 32.1. The summed E-state index contributed by atoms with van der Waals surface area (Å²) in [5, 5.41) is 21.0. The van der Waals surface area contributed by atoms with Gasteiger partial charge in [-0.1, -0.05) is 367 Å². The number of carbonyl (C=O) groups excluding carboxylic acids is 1. The minimum Gasteiger partial charge on any atom is -0.469 e. The van der Waals surface area contributed by atoms with E-state index in [1.165, 1.54) is 145 Å². The molecule has 2 saturated heterocycles. The number of carbonyl (C=O) groups is 1. The van der Waals surface area contributed by atoms with E-state index in [-0.39, 0.29) is 20.8 Å². The van der Waals surface area contributed by atoms with E-state index in [2.05, 4.69) is 217 Å². The van der Waals surface area contributed by atoms with Crippen LogP contribution in [0.25, 0.3) is 87.3 Å². The first-order chi connectivity index (χ1) is 67.4. The molecular weight excluding hydrogens is 1720 g/mol. The number of pyridine rings is 2. The van der Waals surface area contributed by atoms with Gasteiger partial charge in [0.1, 0.15) is 17.6 Å². The van der Waals surface area contributed by atoms with Crippen LogP contribution in [-0.2, 0) is 29.4 Å². The zero-order valence-electron chi connectivity index (χ0n) is 77.5. The fourth-order valence-corrected chi connectivity index (χ4v) is 15.1. The number of nitrogens with zero attached hydrogens (tertiary/aromatic N) is 9. The first kappa shape index (κ1) is 106. The first-order valence-corrected chi connectivity index (χ1v) is 47.1. The summed E-state index contributed by atoms with van der Waals surface area (Å²) in [4.78, 5) is 40.7. The number of hydrogen-bond acceptors (Lipinski definition) is 14. The van der Waals surface area contributed by atoms with Gasteiger partial charge >= 0.3 is 5.97 Å². The molecule has 16 nitrogen and oxygen atoms in total. The number of H-pyrrole nitrogens is 2. The number of aryl methyl sites for hydroxylation is 1. The lowest BCUT2D eigenvalue weighted by Gasteiger charge is -2.36. The van der Waals surface area contributed by atoms with E-state index in [1.807, 2.05) is 305 Å². The highest BCUT2D eigenvalue weighted by atomic mass is 32.1. The maximum atomic E-state index is 11.1. The number of para-hydroxylation sites is 5. The molecule has 3 aliphatic heterocycles. The van der Waals surface area contributed by atoms with Gasteiger partial charge in [-0.05, 0) is 199 Å². The lowest BCUT2D eigenvalue weighted by molar-refractivity contribution is -0.139. The van der Waals surface area contributed by atoms with Gasteiger partial charge in [0.25, 0.3) is 0 Å². The van der Waals surface area contributed by atoms with Crippen LogP contribution in [0.15, 0.2) is 496 Å². The summed E-state index contributed by atoms with van der Waals surface area (Å²) in [6, 6.07) is 138. The third kappa shape index (κ3) is 41.0. The van der Waals surface area contributed by atoms with Gasteiger partial charge in [-0.25, -0.2) is 15.0 Å². The second-order valence-electron chi connectivity index (χ2n) is 31.2. The molecule has 0 radical (unpaired) electrons. The van der Waals surface area contributed by atoms with Crippen LogP contribution in [0.5, 0.6) is 0 Å². The minimum atomic E-state index is -0.211. The zero-order chi connectivity index (χ0) is 94.1. The number of esters is 1. The molecule has 138 heavy (non-hydrogen) atoms. The SMILES string of the molecule is C.C.C1=Nc2ccccc2C1.C1CCC2NCCCC2C1.C1CCNCC1.COC(=O)Cc1ccc(-c2ccccc2)cc1.Cn1cc(-c2ccccc2)nn1.c1cc[nH]c1.c1ccc(-c2ccccc2)cc1.c1ccc2[nH]ccc2c1.c1ccc2ccccc2c1.c1ccc2ncccc2c1.c1ccc2occc2c1.c1ccc2scnc2c1.c1ccccc1.c1ccncc1.c1cncnc1. The van der Waals surface area contributed by atoms with Crippen LogP contribution in [0.4, 0.5) is 5.69 Å². The fraction of sp³-hybridized carbons (Fsp3) is 0.165. The number of nitrogens with one attached hydrogen (secondary N) is 4. The summed E-state index contributed by atoms with van der Waals surface area (Å²) >= 11 is 1.68. The highest BCUT2D eigenvalue weighted by Crippen LogP contribution is 2.31. The maximum Gasteiger partial charge on any atom is 0.309 e. The lowest BCUT2D eigenvalue weighted by atomic mass is 9.80. The molecule has 1 saturated carbocycles. The van der Waals surface area contributed by atoms with Crippen molar-refractivity contribution in [3.8, 4) is 33.5 Å². The summed E-state index contributed by atoms with van der Waals surface area (Å²) < 4.78 is 12.7. The van der Waals surface area contributed by atoms with Crippen molar-refractivity contribution >= 4 is 83.0 Å². The third-order valence-corrected chi connectivity index (χ3v) is 22.2. The van der Waals surface area contributed by atoms with Crippen molar-refractivity contribution in [2.45, 2.75) is 91.5 Å². The van der Waals surface area contributed by atoms with Crippen molar-refractivity contribution in [2.24, 2.45) is 18.0 Å². The van der Waals surface area contributed by atoms with Gasteiger partial charge in [0.05, 0.1) is 52.9 Å². The smallest absolute Gasteiger partial charge is 0.309 e. The summed E-state index contributed by atoms with van der Waals surface area (Å²) in [5.41, 5.74) is 16.5. The number of hydrogen-bond donors (Lipinski definition) is 4. The van der Waals surface area contributed by atoms with Crippen LogP contribution in [-0.4, -0.2) is 94.9 Å². The van der Waals surface area contributed by atoms with Crippen LogP contribution in [0.3, 0.4) is 0 Å². The molecule has 0 amide bonds. The molecular formula is C121H129N13O3S. The molecule has 0 spiro atoms. The predicted octanol–water partition coefficient (Wildman–Crippen LogP) is 30.0. The molecule has 4 N–H and O–H groups in total. The number of benzene rings is 13. The van der Waals surface area contributed by atoms with Gasteiger partial charge in [0.15, 0.2) is 0 Å². The van der Waals surface area contributed by atoms with Crippen molar-refractivity contribution in [2.75, 3.05) is 26.7 Å². The molecule has 21 aromatic rings. The number of furan rings is 1. The van der Waals surface area contributed by atoms with E-state index in [0.29, 0.717) is 6.42 Å². The molecule has 17 heteroatoms. The molecule has 13 aromatic carbocycles. The first-order valence-electron chi connectivity index (χ1n) is 46.3. The third-order valence-electron chi connectivity index (χ3n) is 21.4. The van der Waals surface area contributed by atoms with Crippen molar-refractivity contribution in [3.63, 3.8) is 0 Å². The van der Waals surface area contributed by atoms with Gasteiger partial charge in [-0.3, -0.25) is 24.4 Å². The largest absolute Gasteiger partial charge is 0.469 e. The number of methoxy groups -OCH3 is 1. The molecule has 0 bridgehead atoms. The Morgan fingerprint density at radius 2 is 0.928 bits per heavy atom. The molecule has 2 unspecified atom stereocenters. The number of fused-ring (bicyclic) bond motifs is 7. The fourth-order valence-electron chi connectivity index (χ4n) is 14.4. The molecule has 11 heterocycles. The minimum absolute atomic E-state index is 0. The van der Waals surface area contributed by atoms with Crippen molar-refractivity contribution in [1.29, 1.82) is 0 Å². The number of thiazole rings is 1. The van der Waals surface area contributed by atoms with Gasteiger partial charge in [-0.15, -0.1) is 16.4 Å². The summed E-state index contributed by atoms with van der Waals surface area (Å²) in [7, 11) is 3.26. The van der Waals surface area contributed by atoms with Gasteiger partial charge in [0.2, 0.25) is 0 Å². The summed E-state index contributed by atoms with van der Waals surface area (Å²) in [6.45, 7) is 3.78. The average molecular weight is 1850 g/mol. The quantitative estimate of drug-likeness (QED) is 0.119. The Morgan fingerprint density at radius 3 is 1.43 bits per heavy atom. The normalized spacial score (nSPS) is 12.6. The van der Waals surface area contributed by atoms with Gasteiger partial charge in [-0.2, -0.15) is 0 Å². The number of aromatic amines is 2. The molecule has 702 valence electrons. The van der Waals surface area contributed by atoms with Crippen LogP contribution in [0.1, 0.15) is 83.8 Å². The Kier molecular flexibility index (Phi) is 50.5. The van der Waals surface area contributed by atoms with Gasteiger partial charge in [0, 0.05) is 97.2 Å². The summed E-state index contributed by atoms with van der Waals surface area (Å²) in [5.74, 6) is 0.833. The Labute approximate surface area is 819 Å². The number of aromatic nitrogens is 10. The Balaban J connectivity index is 0.000000167. The Hall–Kier alpha value is -15.8. The number of rotatable bonds is 5. The molecule has 3 fully saturated rings. The molecule has 1 aliphatic carbocycles. The second kappa shape index (κ2) is 65.8. The van der Waals surface area contributed by atoms with Crippen LogP contribution in [0, 0.1) is 5.92 Å². The van der Waals surface area contributed by atoms with E-state index in [9.17, 15) is 4.79 Å². The van der Waals surface area contributed by atoms with Crippen molar-refractivity contribution < 1.29 is 13.9 Å². The highest BCUT2D eigenvalue weighted by molar-refractivity contribution is 7.16. The molecule has 4 aliphatic rings. The van der Waals surface area contributed by atoms with Gasteiger partial charge < -0.3 is 29.8 Å². The number of piperidine rings is 2. The van der Waals surface area contributed by atoms with E-state index in [0.717, 1.165) is 68.5 Å². The van der Waals surface area contributed by atoms with Crippen molar-refractivity contribution in [1.82, 2.24) is 60.5 Å². The predicted molar refractivity (Wildman–Crippen MR) is 581 cm³/mol. The van der Waals surface area contributed by atoms with E-state index in [4.69, 9.17) is 4.42 Å². The maximum absolute atomic E-state index is 11.1. The standard InChI is InChI=1S/C15H14O2.C12H10.C10H8.C9H9N3.C9H17N.C9H7N.2C8H7N.C8H6O.C7H5NS.C6H6.C5H11N.C5H5N.C4H4N2.C4H5N.2CH4/c1-17-15(16)11-12-7-9-14(10-8-12)13-5-3-2-4-6-13;1-3-7-11(8-4-1)12-9-5-2-6-10-12;1-2-6-10-8-4-3-7-9(10)5-1;1-12-7-9(10-11-12)8-5-3-2-4-6-8;2*1-2-6-9-8(4-1)5-3-7-10-9;3*1-2-4-8-7(3-1)5-6-9-8;1-2-4-7-6(3-1)8-5-9-7;3*1-2-4-6-5-3-1;1-2-5-4-6-3-1;1-2-4-5-3-1;;/h2-10H,11H2,1H3;1-10H;1-8H;2-7H,1H3;8-10H,1-7H2;1-7H;1-4,6H,5H2;1-6,9H;1-6H;1-5H;1-6H;6H,1-5H2;1-5H;1-4H;1-5H;2*1H4.